The number of azo groups is 1. The molecule has 1 amide bonds. The highest BCUT2D eigenvalue weighted by Crippen LogP contribution is 2.49. The Bertz CT molecular complexity index is 1680. The van der Waals surface area contributed by atoms with Crippen LogP contribution >= 0.6 is 23.5 Å². The van der Waals surface area contributed by atoms with Gasteiger partial charge < -0.3 is 19.5 Å². The summed E-state index contributed by atoms with van der Waals surface area (Å²) in [4.78, 5) is 39.8. The monoisotopic (exact) mass is 562 g/mol. The van der Waals surface area contributed by atoms with E-state index in [9.17, 15) is 24.6 Å². The Balaban J connectivity index is 1.49. The van der Waals surface area contributed by atoms with Crippen LogP contribution in [0.4, 0.5) is 5.69 Å². The summed E-state index contributed by atoms with van der Waals surface area (Å²) in [6.07, 6.45) is 3.09. The number of ether oxygens (including phenoxy) is 1. The molecule has 0 spiro atoms. The molecule has 1 aromatic heterocycles. The first-order valence-electron chi connectivity index (χ1n) is 11.7. The Morgan fingerprint density at radius 1 is 1.18 bits per heavy atom. The summed E-state index contributed by atoms with van der Waals surface area (Å²) in [5, 5.41) is 29.8. The summed E-state index contributed by atoms with van der Waals surface area (Å²) in [5.41, 5.74) is 2.47. The number of amidine groups is 1. The third-order valence-electron chi connectivity index (χ3n) is 6.18. The van der Waals surface area contributed by atoms with Gasteiger partial charge in [0.2, 0.25) is 11.0 Å². The van der Waals surface area contributed by atoms with E-state index in [0.717, 1.165) is 34.5 Å². The summed E-state index contributed by atoms with van der Waals surface area (Å²) in [6, 6.07) is 12.5. The van der Waals surface area contributed by atoms with Crippen molar-refractivity contribution in [3.05, 3.63) is 70.6 Å². The third kappa shape index (κ3) is 4.88. The van der Waals surface area contributed by atoms with E-state index < -0.39 is 23.4 Å². The quantitative estimate of drug-likeness (QED) is 0.168. The SMILES string of the molecule is COC(=O)C=C1SC(N=Nc2c(O)n3c4c(cccc24)C(CSc2ccccc2C(=O)O)=CC3(C)C)=NC1=O. The molecule has 0 atom stereocenters. The number of carbonyl (C=O) groups is 3. The molecule has 5 rings (SSSR count). The number of thioether (sulfide) groups is 2. The number of aromatic nitrogens is 1. The van der Waals surface area contributed by atoms with Gasteiger partial charge in [0, 0.05) is 27.7 Å². The van der Waals surface area contributed by atoms with Crippen LogP contribution in [0.15, 0.2) is 79.6 Å². The fourth-order valence-electron chi connectivity index (χ4n) is 4.54. The van der Waals surface area contributed by atoms with E-state index in [1.807, 2.05) is 44.2 Å². The molecule has 0 radical (unpaired) electrons. The molecular weight excluding hydrogens is 540 g/mol. The fraction of sp³-hybridized carbons (Fsp3) is 0.185. The molecular formula is C27H22N4O6S2. The molecule has 0 saturated carbocycles. The van der Waals surface area contributed by atoms with E-state index in [2.05, 4.69) is 20.0 Å². The topological polar surface area (TPSA) is 143 Å². The van der Waals surface area contributed by atoms with Gasteiger partial charge >= 0.3 is 11.9 Å². The van der Waals surface area contributed by atoms with E-state index in [0.29, 0.717) is 16.0 Å². The standard InChI is InChI=1S/C27H22N4O6S2/c1-27(2)12-14(13-38-18-10-5-4-7-16(18)25(35)36)15-8-6-9-17-21(24(34)31(27)22(15)17)29-30-26-28-23(33)19(39-26)11-20(32)37-3/h4-12,34H,13H2,1-3H3,(H,35,36). The second-order valence-corrected chi connectivity index (χ2v) is 11.2. The number of aromatic hydroxyl groups is 1. The first kappa shape index (κ1) is 26.4. The lowest BCUT2D eigenvalue weighted by Crippen LogP contribution is -2.27. The third-order valence-corrected chi connectivity index (χ3v) is 8.17. The van der Waals surface area contributed by atoms with E-state index in [4.69, 9.17) is 0 Å². The van der Waals surface area contributed by atoms with Gasteiger partial charge in [0.15, 0.2) is 5.69 Å². The Morgan fingerprint density at radius 2 is 1.95 bits per heavy atom. The second-order valence-electron chi connectivity index (χ2n) is 9.16. The number of hydrogen-bond acceptors (Lipinski definition) is 9. The molecule has 2 N–H and O–H groups in total. The molecule has 2 aliphatic rings. The lowest BCUT2D eigenvalue weighted by atomic mass is 9.92. The van der Waals surface area contributed by atoms with Gasteiger partial charge in [-0.05, 0) is 43.3 Å². The minimum absolute atomic E-state index is 0.0352. The highest BCUT2D eigenvalue weighted by Gasteiger charge is 2.33. The zero-order valence-electron chi connectivity index (χ0n) is 21.0. The number of carboxylic acid groups (broad SMARTS) is 1. The van der Waals surface area contributed by atoms with Crippen molar-refractivity contribution in [2.45, 2.75) is 24.3 Å². The maximum atomic E-state index is 12.1. The molecule has 2 aromatic carbocycles. The zero-order chi connectivity index (χ0) is 27.9. The van der Waals surface area contributed by atoms with Gasteiger partial charge in [-0.1, -0.05) is 36.4 Å². The van der Waals surface area contributed by atoms with Crippen molar-refractivity contribution < 1.29 is 29.3 Å². The molecule has 3 aromatic rings. The molecule has 0 unspecified atom stereocenters. The van der Waals surface area contributed by atoms with Crippen LogP contribution in [0.2, 0.25) is 0 Å². The van der Waals surface area contributed by atoms with Crippen molar-refractivity contribution in [3.63, 3.8) is 0 Å². The number of carboxylic acids is 1. The van der Waals surface area contributed by atoms with E-state index in [1.54, 1.807) is 22.8 Å². The van der Waals surface area contributed by atoms with Crippen molar-refractivity contribution >= 4 is 68.7 Å². The van der Waals surface area contributed by atoms with Gasteiger partial charge in [-0.15, -0.1) is 22.0 Å². The van der Waals surface area contributed by atoms with Crippen LogP contribution in [-0.2, 0) is 19.9 Å². The number of rotatable bonds is 6. The Morgan fingerprint density at radius 3 is 2.69 bits per heavy atom. The predicted octanol–water partition coefficient (Wildman–Crippen LogP) is 5.74. The molecule has 0 bridgehead atoms. The summed E-state index contributed by atoms with van der Waals surface area (Å²) in [6.45, 7) is 3.91. The number of nitrogens with zero attached hydrogens (tertiary/aromatic N) is 4. The number of aliphatic imine (C=N–C) groups is 1. The average molecular weight is 563 g/mol. The molecule has 3 heterocycles. The largest absolute Gasteiger partial charge is 0.493 e. The van der Waals surface area contributed by atoms with Crippen LogP contribution in [0, 0.1) is 0 Å². The van der Waals surface area contributed by atoms with Crippen molar-refractivity contribution in [1.29, 1.82) is 0 Å². The Hall–Kier alpha value is -4.16. The van der Waals surface area contributed by atoms with Crippen molar-refractivity contribution in [2.75, 3.05) is 12.9 Å². The minimum atomic E-state index is -0.980. The van der Waals surface area contributed by atoms with Crippen LogP contribution in [0.1, 0.15) is 29.8 Å². The van der Waals surface area contributed by atoms with Crippen molar-refractivity contribution in [1.82, 2.24) is 4.57 Å². The van der Waals surface area contributed by atoms with Crippen LogP contribution in [-0.4, -0.2) is 50.7 Å². The molecule has 10 nitrogen and oxygen atoms in total. The average Bonchev–Trinajstić information content (AvgIpc) is 3.40. The van der Waals surface area contributed by atoms with Crippen LogP contribution < -0.4 is 0 Å². The molecule has 198 valence electrons. The van der Waals surface area contributed by atoms with Gasteiger partial charge in [-0.25, -0.2) is 9.59 Å². The normalized spacial score (nSPS) is 17.1. The summed E-state index contributed by atoms with van der Waals surface area (Å²) < 4.78 is 6.33. The number of esters is 1. The predicted molar refractivity (Wildman–Crippen MR) is 150 cm³/mol. The molecule has 2 aliphatic heterocycles. The van der Waals surface area contributed by atoms with Crippen LogP contribution in [0.3, 0.4) is 0 Å². The second kappa shape index (κ2) is 10.2. The lowest BCUT2D eigenvalue weighted by Gasteiger charge is -2.31. The number of hydrogen-bond donors (Lipinski definition) is 2. The molecule has 0 fully saturated rings. The molecule has 12 heteroatoms. The lowest BCUT2D eigenvalue weighted by molar-refractivity contribution is -0.135. The summed E-state index contributed by atoms with van der Waals surface area (Å²) in [7, 11) is 1.21. The maximum Gasteiger partial charge on any atom is 0.336 e. The van der Waals surface area contributed by atoms with Crippen molar-refractivity contribution in [3.8, 4) is 5.88 Å². The van der Waals surface area contributed by atoms with Gasteiger partial charge in [0.25, 0.3) is 5.91 Å². The summed E-state index contributed by atoms with van der Waals surface area (Å²) in [5.74, 6) is -1.86. The van der Waals surface area contributed by atoms with Gasteiger partial charge in [-0.3, -0.25) is 4.79 Å². The number of amides is 1. The Kier molecular flexibility index (Phi) is 6.91. The first-order valence-corrected chi connectivity index (χ1v) is 13.5. The van der Waals surface area contributed by atoms with Gasteiger partial charge in [0.05, 0.1) is 28.6 Å². The number of para-hydroxylation sites is 1. The minimum Gasteiger partial charge on any atom is -0.493 e. The van der Waals surface area contributed by atoms with Crippen LogP contribution in [0.25, 0.3) is 16.5 Å². The Labute approximate surface area is 231 Å². The molecule has 39 heavy (non-hydrogen) atoms. The van der Waals surface area contributed by atoms with Crippen LogP contribution in [0.5, 0.6) is 5.88 Å². The van der Waals surface area contributed by atoms with E-state index in [-0.39, 0.29) is 27.2 Å². The highest BCUT2D eigenvalue weighted by molar-refractivity contribution is 8.18. The van der Waals surface area contributed by atoms with Gasteiger partial charge in [-0.2, -0.15) is 4.99 Å². The number of aromatic carboxylic acids is 1. The van der Waals surface area contributed by atoms with Crippen molar-refractivity contribution in [2.24, 2.45) is 15.2 Å². The zero-order valence-corrected chi connectivity index (χ0v) is 22.7. The van der Waals surface area contributed by atoms with E-state index in [1.165, 1.54) is 18.9 Å². The first-order chi connectivity index (χ1) is 18.6. The smallest absolute Gasteiger partial charge is 0.336 e. The number of methoxy groups -OCH3 is 1. The fourth-order valence-corrected chi connectivity index (χ4v) is 6.27. The number of allylic oxidation sites excluding steroid dienone is 1. The molecule has 0 aliphatic carbocycles. The highest BCUT2D eigenvalue weighted by atomic mass is 32.2. The van der Waals surface area contributed by atoms with Gasteiger partial charge in [0.1, 0.15) is 0 Å². The maximum absolute atomic E-state index is 12.1. The number of benzene rings is 2. The molecule has 0 saturated heterocycles. The summed E-state index contributed by atoms with van der Waals surface area (Å²) >= 11 is 2.32. The van der Waals surface area contributed by atoms with E-state index >= 15 is 0 Å². The number of carbonyl (C=O) groups excluding carboxylic acids is 2.